The standard InChI is InChI=1S/C19H21N3O4/c1-14(23)22(24)13-15-7-9-16(10-8-15)25-12-11-21(2)19-20-17-5-3-4-6-18(17)26-19/h3-10,24H,11-13H2,1-2H3. The number of hydroxylamine groups is 2. The van der Waals surface area contributed by atoms with E-state index in [1.54, 1.807) is 0 Å². The molecule has 0 unspecified atom stereocenters. The fourth-order valence-electron chi connectivity index (χ4n) is 2.39. The lowest BCUT2D eigenvalue weighted by Gasteiger charge is -2.15. The number of hydrogen-bond donors (Lipinski definition) is 1. The Hall–Kier alpha value is -3.06. The molecule has 1 amide bonds. The van der Waals surface area contributed by atoms with E-state index in [1.807, 2.05) is 60.5 Å². The number of rotatable bonds is 7. The van der Waals surface area contributed by atoms with Gasteiger partial charge in [-0.05, 0) is 29.8 Å². The molecule has 0 bridgehead atoms. The largest absolute Gasteiger partial charge is 0.492 e. The lowest BCUT2D eigenvalue weighted by Crippen LogP contribution is -2.24. The molecule has 0 atom stereocenters. The highest BCUT2D eigenvalue weighted by Crippen LogP contribution is 2.20. The van der Waals surface area contributed by atoms with Crippen molar-refractivity contribution in [2.45, 2.75) is 13.5 Å². The first-order chi connectivity index (χ1) is 12.5. The highest BCUT2D eigenvalue weighted by Gasteiger charge is 2.10. The average Bonchev–Trinajstić information content (AvgIpc) is 3.07. The van der Waals surface area contributed by atoms with Crippen LogP contribution in [-0.4, -0.2) is 41.4 Å². The van der Waals surface area contributed by atoms with Gasteiger partial charge in [-0.2, -0.15) is 4.98 Å². The minimum atomic E-state index is -0.396. The minimum Gasteiger partial charge on any atom is -0.492 e. The third-order valence-electron chi connectivity index (χ3n) is 3.92. The van der Waals surface area contributed by atoms with Gasteiger partial charge >= 0.3 is 0 Å². The van der Waals surface area contributed by atoms with E-state index in [-0.39, 0.29) is 6.54 Å². The third kappa shape index (κ3) is 4.31. The number of anilines is 1. The fraction of sp³-hybridized carbons (Fsp3) is 0.263. The first-order valence-electron chi connectivity index (χ1n) is 8.28. The van der Waals surface area contributed by atoms with Crippen LogP contribution in [0.5, 0.6) is 5.75 Å². The van der Waals surface area contributed by atoms with Gasteiger partial charge in [0.05, 0.1) is 13.1 Å². The van der Waals surface area contributed by atoms with Crippen LogP contribution in [-0.2, 0) is 11.3 Å². The van der Waals surface area contributed by atoms with Crippen LogP contribution >= 0.6 is 0 Å². The van der Waals surface area contributed by atoms with Crippen LogP contribution in [0.15, 0.2) is 52.9 Å². The van der Waals surface area contributed by atoms with Crippen LogP contribution in [0.25, 0.3) is 11.1 Å². The maximum Gasteiger partial charge on any atom is 0.298 e. The van der Waals surface area contributed by atoms with E-state index in [2.05, 4.69) is 4.98 Å². The first kappa shape index (κ1) is 17.8. The highest BCUT2D eigenvalue weighted by molar-refractivity contribution is 5.74. The SMILES string of the molecule is CC(=O)N(O)Cc1ccc(OCCN(C)c2nc3ccccc3o2)cc1. The van der Waals surface area contributed by atoms with Crippen LogP contribution in [0.3, 0.4) is 0 Å². The molecular weight excluding hydrogens is 334 g/mol. The van der Waals surface area contributed by atoms with Crippen molar-refractivity contribution in [3.05, 3.63) is 54.1 Å². The number of hydrogen-bond acceptors (Lipinski definition) is 6. The molecule has 3 aromatic rings. The molecule has 136 valence electrons. The van der Waals surface area contributed by atoms with Crippen molar-refractivity contribution < 1.29 is 19.2 Å². The summed E-state index contributed by atoms with van der Waals surface area (Å²) in [6, 6.07) is 15.4. The van der Waals surface area contributed by atoms with Crippen molar-refractivity contribution in [2.75, 3.05) is 25.1 Å². The van der Waals surface area contributed by atoms with Crippen molar-refractivity contribution in [3.63, 3.8) is 0 Å². The number of carbonyl (C=O) groups excluding carboxylic acids is 1. The topological polar surface area (TPSA) is 79.0 Å². The zero-order valence-corrected chi connectivity index (χ0v) is 14.8. The number of ether oxygens (including phenoxy) is 1. The molecule has 0 aliphatic carbocycles. The number of oxazole rings is 1. The highest BCUT2D eigenvalue weighted by atomic mass is 16.5. The summed E-state index contributed by atoms with van der Waals surface area (Å²) in [6.07, 6.45) is 0. The number of aromatic nitrogens is 1. The summed E-state index contributed by atoms with van der Waals surface area (Å²) in [4.78, 5) is 17.4. The molecule has 1 heterocycles. The maximum atomic E-state index is 11.0. The minimum absolute atomic E-state index is 0.149. The Morgan fingerprint density at radius 1 is 1.19 bits per heavy atom. The number of carbonyl (C=O) groups is 1. The Morgan fingerprint density at radius 3 is 2.62 bits per heavy atom. The van der Waals surface area contributed by atoms with E-state index in [1.165, 1.54) is 6.92 Å². The van der Waals surface area contributed by atoms with Gasteiger partial charge in [0.25, 0.3) is 6.01 Å². The number of amides is 1. The van der Waals surface area contributed by atoms with Gasteiger partial charge in [-0.15, -0.1) is 0 Å². The average molecular weight is 355 g/mol. The first-order valence-corrected chi connectivity index (χ1v) is 8.28. The molecule has 3 rings (SSSR count). The molecule has 0 spiro atoms. The summed E-state index contributed by atoms with van der Waals surface area (Å²) >= 11 is 0. The van der Waals surface area contributed by atoms with E-state index in [0.717, 1.165) is 16.7 Å². The number of benzene rings is 2. The molecule has 0 aliphatic rings. The summed E-state index contributed by atoms with van der Waals surface area (Å²) in [7, 11) is 1.90. The zero-order valence-electron chi connectivity index (χ0n) is 14.8. The van der Waals surface area contributed by atoms with Crippen LogP contribution in [0.1, 0.15) is 12.5 Å². The molecule has 7 nitrogen and oxygen atoms in total. The van der Waals surface area contributed by atoms with Gasteiger partial charge < -0.3 is 14.1 Å². The van der Waals surface area contributed by atoms with Crippen molar-refractivity contribution in [2.24, 2.45) is 0 Å². The second-order valence-corrected chi connectivity index (χ2v) is 5.95. The van der Waals surface area contributed by atoms with Gasteiger partial charge in [0, 0.05) is 14.0 Å². The van der Waals surface area contributed by atoms with Crippen LogP contribution in [0, 0.1) is 0 Å². The lowest BCUT2D eigenvalue weighted by atomic mass is 10.2. The van der Waals surface area contributed by atoms with E-state index >= 15 is 0 Å². The number of para-hydroxylation sites is 2. The van der Waals surface area contributed by atoms with Crippen molar-refractivity contribution in [1.29, 1.82) is 0 Å². The molecule has 0 saturated heterocycles. The Balaban J connectivity index is 1.50. The van der Waals surface area contributed by atoms with Gasteiger partial charge in [0.1, 0.15) is 17.9 Å². The van der Waals surface area contributed by atoms with Gasteiger partial charge in [-0.3, -0.25) is 10.0 Å². The van der Waals surface area contributed by atoms with E-state index in [0.29, 0.717) is 30.0 Å². The van der Waals surface area contributed by atoms with Gasteiger partial charge in [-0.25, -0.2) is 5.06 Å². The van der Waals surface area contributed by atoms with Gasteiger partial charge in [-0.1, -0.05) is 24.3 Å². The van der Waals surface area contributed by atoms with Crippen molar-refractivity contribution >= 4 is 23.0 Å². The molecule has 2 aromatic carbocycles. The van der Waals surface area contributed by atoms with Gasteiger partial charge in [0.15, 0.2) is 5.58 Å². The molecule has 0 saturated carbocycles. The molecule has 1 N–H and O–H groups in total. The summed E-state index contributed by atoms with van der Waals surface area (Å²) < 4.78 is 11.4. The second-order valence-electron chi connectivity index (χ2n) is 5.95. The zero-order chi connectivity index (χ0) is 18.5. The Morgan fingerprint density at radius 2 is 1.92 bits per heavy atom. The van der Waals surface area contributed by atoms with Crippen LogP contribution in [0.2, 0.25) is 0 Å². The molecule has 7 heteroatoms. The van der Waals surface area contributed by atoms with E-state index in [4.69, 9.17) is 9.15 Å². The Labute approximate surface area is 151 Å². The Bertz CT molecular complexity index is 843. The summed E-state index contributed by atoms with van der Waals surface area (Å²) in [5.41, 5.74) is 2.40. The summed E-state index contributed by atoms with van der Waals surface area (Å²) in [5, 5.41) is 10.1. The third-order valence-corrected chi connectivity index (χ3v) is 3.92. The monoisotopic (exact) mass is 355 g/mol. The van der Waals surface area contributed by atoms with Gasteiger partial charge in [0.2, 0.25) is 5.91 Å². The maximum absolute atomic E-state index is 11.0. The predicted octanol–water partition coefficient (Wildman–Crippen LogP) is 3.08. The second kappa shape index (κ2) is 7.88. The predicted molar refractivity (Wildman–Crippen MR) is 97.2 cm³/mol. The smallest absolute Gasteiger partial charge is 0.298 e. The number of fused-ring (bicyclic) bond motifs is 1. The quantitative estimate of drug-likeness (QED) is 0.518. The summed E-state index contributed by atoms with van der Waals surface area (Å²) in [6.45, 7) is 2.54. The van der Waals surface area contributed by atoms with Crippen LogP contribution in [0.4, 0.5) is 6.01 Å². The van der Waals surface area contributed by atoms with Crippen molar-refractivity contribution in [3.8, 4) is 5.75 Å². The fourth-order valence-corrected chi connectivity index (χ4v) is 2.39. The normalized spacial score (nSPS) is 10.7. The van der Waals surface area contributed by atoms with Crippen molar-refractivity contribution in [1.82, 2.24) is 10.0 Å². The molecule has 0 fully saturated rings. The molecule has 0 aliphatic heterocycles. The van der Waals surface area contributed by atoms with E-state index in [9.17, 15) is 10.0 Å². The molecule has 0 radical (unpaired) electrons. The molecule has 1 aromatic heterocycles. The Kier molecular flexibility index (Phi) is 5.38. The lowest BCUT2D eigenvalue weighted by molar-refractivity contribution is -0.165. The van der Waals surface area contributed by atoms with Crippen LogP contribution < -0.4 is 9.64 Å². The molecular formula is C19H21N3O4. The molecule has 26 heavy (non-hydrogen) atoms. The number of nitrogens with zero attached hydrogens (tertiary/aromatic N) is 3. The van der Waals surface area contributed by atoms with E-state index < -0.39 is 5.91 Å². The number of likely N-dealkylation sites (N-methyl/N-ethyl adjacent to an activating group) is 1. The summed E-state index contributed by atoms with van der Waals surface area (Å²) in [5.74, 6) is 0.319.